The van der Waals surface area contributed by atoms with Crippen molar-refractivity contribution in [3.63, 3.8) is 0 Å². The number of hydrogen-bond donors (Lipinski definition) is 0. The molecule has 4 rings (SSSR count). The van der Waals surface area contributed by atoms with E-state index in [1.165, 1.54) is 11.3 Å². The van der Waals surface area contributed by atoms with Crippen LogP contribution in [0.4, 0.5) is 0 Å². The minimum Gasteiger partial charge on any atom is -0.343 e. The van der Waals surface area contributed by atoms with Crippen LogP contribution >= 0.6 is 11.3 Å². The fourth-order valence-electron chi connectivity index (χ4n) is 4.77. The fourth-order valence-corrected chi connectivity index (χ4v) is 5.57. The number of nitrogens with zero attached hydrogens (tertiary/aromatic N) is 3. The molecule has 2 aromatic heterocycles. The van der Waals surface area contributed by atoms with E-state index in [9.17, 15) is 4.79 Å². The predicted octanol–water partition coefficient (Wildman–Crippen LogP) is 4.10. The molecule has 25 heavy (non-hydrogen) atoms. The molecule has 1 amide bonds. The number of hydrogen-bond acceptors (Lipinski definition) is 5. The highest BCUT2D eigenvalue weighted by Gasteiger charge is 2.54. The molecule has 0 aromatic carbocycles. The molecular formula is C19H25N3O2S. The van der Waals surface area contributed by atoms with E-state index in [-0.39, 0.29) is 17.7 Å². The summed E-state index contributed by atoms with van der Waals surface area (Å²) in [6, 6.07) is 4.11. The average molecular weight is 359 g/mol. The van der Waals surface area contributed by atoms with Crippen molar-refractivity contribution in [2.24, 2.45) is 17.8 Å². The van der Waals surface area contributed by atoms with Gasteiger partial charge in [0, 0.05) is 18.0 Å². The largest absolute Gasteiger partial charge is 0.343 e. The van der Waals surface area contributed by atoms with Crippen molar-refractivity contribution >= 4 is 17.2 Å². The van der Waals surface area contributed by atoms with Crippen LogP contribution in [-0.2, 0) is 4.79 Å². The van der Waals surface area contributed by atoms with Gasteiger partial charge in [-0.25, -0.2) is 0 Å². The minimum absolute atomic E-state index is 0.0111. The van der Waals surface area contributed by atoms with Gasteiger partial charge in [-0.3, -0.25) is 4.79 Å². The fraction of sp³-hybridized carbons (Fsp3) is 0.632. The second-order valence-electron chi connectivity index (χ2n) is 7.26. The molecule has 2 bridgehead atoms. The van der Waals surface area contributed by atoms with Crippen molar-refractivity contribution in [2.45, 2.75) is 46.0 Å². The highest BCUT2D eigenvalue weighted by Crippen LogP contribution is 2.57. The normalized spacial score (nSPS) is 27.8. The zero-order chi connectivity index (χ0) is 17.6. The molecule has 2 saturated carbocycles. The summed E-state index contributed by atoms with van der Waals surface area (Å²) in [5.41, 5.74) is 0. The molecular weight excluding hydrogens is 334 g/mol. The molecule has 134 valence electrons. The summed E-state index contributed by atoms with van der Waals surface area (Å²) in [6.45, 7) is 7.70. The Morgan fingerprint density at radius 2 is 2.04 bits per heavy atom. The standard InChI is InChI=1S/C19H25N3O2S/c1-4-22(5-2)19(23)16-13-8-7-12(10-13)15(16)18-20-17(21-24-18)14-9-6-11(3)25-14/h6,9,12-13,15-16H,4-5,7-8,10H2,1-3H3/t12-,13+,15+,16+/m1/s1. The Morgan fingerprint density at radius 3 is 2.72 bits per heavy atom. The highest BCUT2D eigenvalue weighted by molar-refractivity contribution is 7.15. The van der Waals surface area contributed by atoms with Gasteiger partial charge in [-0.2, -0.15) is 4.98 Å². The maximum absolute atomic E-state index is 13.1. The molecule has 2 fully saturated rings. The van der Waals surface area contributed by atoms with E-state index in [0.29, 0.717) is 23.6 Å². The van der Waals surface area contributed by atoms with Gasteiger partial charge < -0.3 is 9.42 Å². The first-order chi connectivity index (χ1) is 12.1. The molecule has 2 aliphatic rings. The summed E-state index contributed by atoms with van der Waals surface area (Å²) >= 11 is 1.67. The Labute approximate surface area is 152 Å². The van der Waals surface area contributed by atoms with E-state index in [1.807, 2.05) is 24.8 Å². The van der Waals surface area contributed by atoms with Crippen molar-refractivity contribution in [2.75, 3.05) is 13.1 Å². The Kier molecular flexibility index (Phi) is 4.40. The van der Waals surface area contributed by atoms with E-state index in [4.69, 9.17) is 9.51 Å². The van der Waals surface area contributed by atoms with E-state index in [1.54, 1.807) is 11.3 Å². The van der Waals surface area contributed by atoms with E-state index in [0.717, 1.165) is 30.8 Å². The van der Waals surface area contributed by atoms with Gasteiger partial charge >= 0.3 is 0 Å². The number of amides is 1. The van der Waals surface area contributed by atoms with Crippen LogP contribution in [0.1, 0.15) is 49.8 Å². The molecule has 0 unspecified atom stereocenters. The van der Waals surface area contributed by atoms with Gasteiger partial charge in [0.1, 0.15) is 0 Å². The second-order valence-corrected chi connectivity index (χ2v) is 8.55. The predicted molar refractivity (Wildman–Crippen MR) is 97.3 cm³/mol. The van der Waals surface area contributed by atoms with Crippen molar-refractivity contribution < 1.29 is 9.32 Å². The molecule has 2 heterocycles. The summed E-state index contributed by atoms with van der Waals surface area (Å²) in [5, 5.41) is 4.21. The zero-order valence-corrected chi connectivity index (χ0v) is 15.9. The lowest BCUT2D eigenvalue weighted by Crippen LogP contribution is -2.40. The number of fused-ring (bicyclic) bond motifs is 2. The quantitative estimate of drug-likeness (QED) is 0.806. The number of aromatic nitrogens is 2. The first-order valence-electron chi connectivity index (χ1n) is 9.31. The van der Waals surface area contributed by atoms with Crippen LogP contribution in [0.5, 0.6) is 0 Å². The van der Waals surface area contributed by atoms with E-state index < -0.39 is 0 Å². The number of rotatable bonds is 5. The minimum atomic E-state index is 0.0111. The van der Waals surface area contributed by atoms with Crippen LogP contribution in [0.2, 0.25) is 0 Å². The van der Waals surface area contributed by atoms with E-state index >= 15 is 0 Å². The van der Waals surface area contributed by atoms with Crippen molar-refractivity contribution in [1.29, 1.82) is 0 Å². The second kappa shape index (κ2) is 6.56. The molecule has 6 heteroatoms. The molecule has 4 atom stereocenters. The van der Waals surface area contributed by atoms with Crippen LogP contribution in [-0.4, -0.2) is 34.0 Å². The topological polar surface area (TPSA) is 59.2 Å². The van der Waals surface area contributed by atoms with Gasteiger partial charge in [-0.1, -0.05) is 5.16 Å². The Morgan fingerprint density at radius 1 is 1.28 bits per heavy atom. The molecule has 0 N–H and O–H groups in total. The van der Waals surface area contributed by atoms with Crippen molar-refractivity contribution in [3.8, 4) is 10.7 Å². The van der Waals surface area contributed by atoms with Crippen molar-refractivity contribution in [3.05, 3.63) is 22.9 Å². The van der Waals surface area contributed by atoms with Crippen molar-refractivity contribution in [1.82, 2.24) is 15.0 Å². The number of thiophene rings is 1. The Bertz CT molecular complexity index is 764. The lowest BCUT2D eigenvalue weighted by molar-refractivity contribution is -0.137. The summed E-state index contributed by atoms with van der Waals surface area (Å²) in [7, 11) is 0. The summed E-state index contributed by atoms with van der Waals surface area (Å²) < 4.78 is 5.67. The lowest BCUT2D eigenvalue weighted by Gasteiger charge is -2.31. The average Bonchev–Trinajstić information content (AvgIpc) is 3.38. The summed E-state index contributed by atoms with van der Waals surface area (Å²) in [5.74, 6) is 2.68. The maximum atomic E-state index is 13.1. The van der Waals surface area contributed by atoms with Gasteiger partial charge in [-0.05, 0) is 64.0 Å². The number of carbonyl (C=O) groups is 1. The molecule has 0 saturated heterocycles. The lowest BCUT2D eigenvalue weighted by atomic mass is 9.78. The first-order valence-corrected chi connectivity index (χ1v) is 10.1. The zero-order valence-electron chi connectivity index (χ0n) is 15.1. The van der Waals surface area contributed by atoms with Crippen LogP contribution in [0.3, 0.4) is 0 Å². The first kappa shape index (κ1) is 16.8. The molecule has 0 spiro atoms. The summed E-state index contributed by atoms with van der Waals surface area (Å²) in [4.78, 5) is 22.0. The third-order valence-corrected chi connectivity index (χ3v) is 6.96. The highest BCUT2D eigenvalue weighted by atomic mass is 32.1. The number of aryl methyl sites for hydroxylation is 1. The third kappa shape index (κ3) is 2.80. The van der Waals surface area contributed by atoms with Gasteiger partial charge in [0.05, 0.1) is 16.7 Å². The van der Waals surface area contributed by atoms with Crippen LogP contribution in [0, 0.1) is 24.7 Å². The van der Waals surface area contributed by atoms with Gasteiger partial charge in [-0.15, -0.1) is 11.3 Å². The Hall–Kier alpha value is -1.69. The SMILES string of the molecule is CCN(CC)C(=O)[C@H]1[C@H]2CC[C@H](C2)[C@@H]1c1nc(-c2ccc(C)s2)no1. The van der Waals surface area contributed by atoms with Gasteiger partial charge in [0.2, 0.25) is 17.6 Å². The van der Waals surface area contributed by atoms with Crippen LogP contribution < -0.4 is 0 Å². The maximum Gasteiger partial charge on any atom is 0.231 e. The third-order valence-electron chi connectivity index (χ3n) is 5.96. The monoisotopic (exact) mass is 359 g/mol. The molecule has 2 aliphatic carbocycles. The molecule has 5 nitrogen and oxygen atoms in total. The molecule has 0 radical (unpaired) electrons. The van der Waals surface area contributed by atoms with Gasteiger partial charge in [0.15, 0.2) is 0 Å². The van der Waals surface area contributed by atoms with Gasteiger partial charge in [0.25, 0.3) is 0 Å². The van der Waals surface area contributed by atoms with Crippen LogP contribution in [0.15, 0.2) is 16.7 Å². The molecule has 0 aliphatic heterocycles. The number of carbonyl (C=O) groups excluding carboxylic acids is 1. The Balaban J connectivity index is 1.64. The van der Waals surface area contributed by atoms with E-state index in [2.05, 4.69) is 18.1 Å². The summed E-state index contributed by atoms with van der Waals surface area (Å²) in [6.07, 6.45) is 3.45. The molecule has 2 aromatic rings. The van der Waals surface area contributed by atoms with Crippen LogP contribution in [0.25, 0.3) is 10.7 Å². The smallest absolute Gasteiger partial charge is 0.231 e.